The number of para-hydroxylation sites is 1. The van der Waals surface area contributed by atoms with Gasteiger partial charge < -0.3 is 15.6 Å². The molecule has 0 saturated heterocycles. The van der Waals surface area contributed by atoms with Crippen LogP contribution in [0, 0.1) is 0 Å². The maximum Gasteiger partial charge on any atom is 0.258 e. The lowest BCUT2D eigenvalue weighted by Gasteiger charge is -2.17. The fourth-order valence-corrected chi connectivity index (χ4v) is 3.19. The van der Waals surface area contributed by atoms with Crippen LogP contribution in [0.3, 0.4) is 0 Å². The summed E-state index contributed by atoms with van der Waals surface area (Å²) in [6.45, 7) is 0. The number of anilines is 2. The first-order chi connectivity index (χ1) is 11.7. The highest BCUT2D eigenvalue weighted by atomic mass is 35.5. The van der Waals surface area contributed by atoms with Crippen molar-refractivity contribution in [2.75, 3.05) is 5.32 Å². The van der Waals surface area contributed by atoms with Crippen LogP contribution < -0.4 is 11.1 Å². The Morgan fingerprint density at radius 3 is 2.44 bits per heavy atom. The van der Waals surface area contributed by atoms with Gasteiger partial charge in [0.1, 0.15) is 0 Å². The lowest BCUT2D eigenvalue weighted by atomic mass is 9.99. The smallest absolute Gasteiger partial charge is 0.258 e. The minimum atomic E-state index is -0.429. The molecule has 0 amide bonds. The number of hydrogen-bond donors (Lipinski definition) is 2. The Balaban J connectivity index is 0.00000182. The average molecular weight is 357 g/mol. The van der Waals surface area contributed by atoms with E-state index < -0.39 is 5.54 Å². The fraction of sp³-hybridized carbons (Fsp3) is 0.263. The van der Waals surface area contributed by atoms with E-state index in [1.807, 2.05) is 54.6 Å². The third kappa shape index (κ3) is 3.67. The van der Waals surface area contributed by atoms with Crippen LogP contribution in [0.4, 0.5) is 11.4 Å². The molecule has 1 saturated carbocycles. The SMILES string of the molecule is Cl.NC1(c2noc(-c3cccc(Nc4ccccc4)c3)n2)CCCC1. The highest BCUT2D eigenvalue weighted by Gasteiger charge is 2.36. The number of halogens is 1. The van der Waals surface area contributed by atoms with E-state index in [2.05, 4.69) is 15.5 Å². The number of nitrogens with one attached hydrogen (secondary N) is 1. The molecular weight excluding hydrogens is 336 g/mol. The predicted molar refractivity (Wildman–Crippen MR) is 101 cm³/mol. The summed E-state index contributed by atoms with van der Waals surface area (Å²) in [7, 11) is 0. The van der Waals surface area contributed by atoms with Gasteiger partial charge in [0.15, 0.2) is 5.82 Å². The van der Waals surface area contributed by atoms with E-state index >= 15 is 0 Å². The molecule has 1 aliphatic carbocycles. The highest BCUT2D eigenvalue weighted by molar-refractivity contribution is 5.85. The normalized spacial score (nSPS) is 15.6. The minimum absolute atomic E-state index is 0. The summed E-state index contributed by atoms with van der Waals surface area (Å²) in [5.41, 5.74) is 8.87. The molecule has 130 valence electrons. The number of benzene rings is 2. The molecule has 25 heavy (non-hydrogen) atoms. The van der Waals surface area contributed by atoms with Crippen LogP contribution in [0.2, 0.25) is 0 Å². The molecule has 3 aromatic rings. The van der Waals surface area contributed by atoms with E-state index in [1.165, 1.54) is 0 Å². The van der Waals surface area contributed by atoms with Gasteiger partial charge in [0.05, 0.1) is 5.54 Å². The average Bonchev–Trinajstić information content (AvgIpc) is 3.26. The van der Waals surface area contributed by atoms with E-state index in [9.17, 15) is 0 Å². The van der Waals surface area contributed by atoms with E-state index in [0.29, 0.717) is 11.7 Å². The molecule has 4 rings (SSSR count). The monoisotopic (exact) mass is 356 g/mol. The second kappa shape index (κ2) is 7.25. The number of rotatable bonds is 4. The number of aromatic nitrogens is 2. The predicted octanol–water partition coefficient (Wildman–Crippen LogP) is 4.63. The van der Waals surface area contributed by atoms with Crippen molar-refractivity contribution >= 4 is 23.8 Å². The Morgan fingerprint density at radius 1 is 0.960 bits per heavy atom. The largest absolute Gasteiger partial charge is 0.356 e. The molecule has 0 unspecified atom stereocenters. The Labute approximate surface area is 153 Å². The molecule has 5 nitrogen and oxygen atoms in total. The Morgan fingerprint density at radius 2 is 1.68 bits per heavy atom. The summed E-state index contributed by atoms with van der Waals surface area (Å²) in [6.07, 6.45) is 4.08. The van der Waals surface area contributed by atoms with E-state index in [1.54, 1.807) is 0 Å². The van der Waals surface area contributed by atoms with Crippen LogP contribution in [-0.2, 0) is 5.54 Å². The first-order valence-electron chi connectivity index (χ1n) is 8.29. The summed E-state index contributed by atoms with van der Waals surface area (Å²) in [5.74, 6) is 1.13. The highest BCUT2D eigenvalue weighted by Crippen LogP contribution is 2.35. The summed E-state index contributed by atoms with van der Waals surface area (Å²) in [4.78, 5) is 4.55. The zero-order valence-electron chi connectivity index (χ0n) is 13.8. The van der Waals surface area contributed by atoms with Crippen molar-refractivity contribution in [1.82, 2.24) is 10.1 Å². The standard InChI is InChI=1S/C19H20N4O.ClH/c20-19(11-4-5-12-19)18-22-17(24-23-18)14-7-6-10-16(13-14)21-15-8-2-1-3-9-15;/h1-3,6-10,13,21H,4-5,11-12,20H2;1H. The number of nitrogens with zero attached hydrogens (tertiary/aromatic N) is 2. The van der Waals surface area contributed by atoms with Gasteiger partial charge in [0, 0.05) is 16.9 Å². The summed E-state index contributed by atoms with van der Waals surface area (Å²) >= 11 is 0. The lowest BCUT2D eigenvalue weighted by Crippen LogP contribution is -2.34. The van der Waals surface area contributed by atoms with Gasteiger partial charge >= 0.3 is 0 Å². The van der Waals surface area contributed by atoms with E-state index in [0.717, 1.165) is 42.6 Å². The molecule has 0 aliphatic heterocycles. The van der Waals surface area contributed by atoms with Gasteiger partial charge in [0.25, 0.3) is 5.89 Å². The topological polar surface area (TPSA) is 77.0 Å². The Hall–Kier alpha value is -2.37. The summed E-state index contributed by atoms with van der Waals surface area (Å²) < 4.78 is 5.46. The van der Waals surface area contributed by atoms with Crippen molar-refractivity contribution in [3.05, 3.63) is 60.4 Å². The van der Waals surface area contributed by atoms with Gasteiger partial charge in [-0.15, -0.1) is 12.4 Å². The van der Waals surface area contributed by atoms with Gasteiger partial charge in [-0.25, -0.2) is 0 Å². The third-order valence-electron chi connectivity index (χ3n) is 4.54. The molecule has 1 heterocycles. The maximum absolute atomic E-state index is 6.41. The molecule has 6 heteroatoms. The quantitative estimate of drug-likeness (QED) is 0.712. The maximum atomic E-state index is 6.41. The minimum Gasteiger partial charge on any atom is -0.356 e. The second-order valence-electron chi connectivity index (χ2n) is 6.36. The van der Waals surface area contributed by atoms with Crippen molar-refractivity contribution in [2.24, 2.45) is 5.73 Å². The Bertz CT molecular complexity index is 828. The lowest BCUT2D eigenvalue weighted by molar-refractivity contribution is 0.372. The molecule has 2 aromatic carbocycles. The van der Waals surface area contributed by atoms with Crippen molar-refractivity contribution in [2.45, 2.75) is 31.2 Å². The second-order valence-corrected chi connectivity index (χ2v) is 6.36. The van der Waals surface area contributed by atoms with Crippen molar-refractivity contribution < 1.29 is 4.52 Å². The third-order valence-corrected chi connectivity index (χ3v) is 4.54. The molecule has 3 N–H and O–H groups in total. The Kier molecular flexibility index (Phi) is 5.06. The van der Waals surface area contributed by atoms with Gasteiger partial charge in [0.2, 0.25) is 0 Å². The van der Waals surface area contributed by atoms with Crippen LogP contribution in [0.25, 0.3) is 11.5 Å². The molecule has 1 aromatic heterocycles. The van der Waals surface area contributed by atoms with Crippen molar-refractivity contribution in [1.29, 1.82) is 0 Å². The van der Waals surface area contributed by atoms with Gasteiger partial charge in [-0.2, -0.15) is 4.98 Å². The van der Waals surface area contributed by atoms with Crippen molar-refractivity contribution in [3.8, 4) is 11.5 Å². The summed E-state index contributed by atoms with van der Waals surface area (Å²) in [6, 6.07) is 18.0. The molecule has 0 atom stereocenters. The van der Waals surface area contributed by atoms with Crippen LogP contribution in [-0.4, -0.2) is 10.1 Å². The number of hydrogen-bond acceptors (Lipinski definition) is 5. The van der Waals surface area contributed by atoms with E-state index in [4.69, 9.17) is 10.3 Å². The summed E-state index contributed by atoms with van der Waals surface area (Å²) in [5, 5.41) is 7.50. The van der Waals surface area contributed by atoms with Crippen LogP contribution >= 0.6 is 12.4 Å². The van der Waals surface area contributed by atoms with Gasteiger partial charge in [-0.1, -0.05) is 42.3 Å². The molecule has 1 fully saturated rings. The van der Waals surface area contributed by atoms with Gasteiger partial charge in [-0.05, 0) is 43.2 Å². The zero-order chi connectivity index (χ0) is 16.4. The molecule has 0 bridgehead atoms. The van der Waals surface area contributed by atoms with Gasteiger partial charge in [-0.3, -0.25) is 0 Å². The van der Waals surface area contributed by atoms with Crippen LogP contribution in [0.15, 0.2) is 59.1 Å². The molecule has 1 aliphatic rings. The zero-order valence-corrected chi connectivity index (χ0v) is 14.6. The van der Waals surface area contributed by atoms with Crippen LogP contribution in [0.5, 0.6) is 0 Å². The number of nitrogens with two attached hydrogens (primary N) is 1. The first-order valence-corrected chi connectivity index (χ1v) is 8.29. The van der Waals surface area contributed by atoms with Crippen molar-refractivity contribution in [3.63, 3.8) is 0 Å². The fourth-order valence-electron chi connectivity index (χ4n) is 3.19. The molecule has 0 radical (unpaired) electrons. The molecule has 0 spiro atoms. The van der Waals surface area contributed by atoms with Crippen LogP contribution in [0.1, 0.15) is 31.5 Å². The first kappa shape index (κ1) is 17.5. The molecular formula is C19H21ClN4O. The van der Waals surface area contributed by atoms with E-state index in [-0.39, 0.29) is 12.4 Å².